The Kier molecular flexibility index (Phi) is 5.32. The molecule has 1 heterocycles. The van der Waals surface area contributed by atoms with Gasteiger partial charge in [-0.3, -0.25) is 9.59 Å². The number of rotatable bonds is 6. The van der Waals surface area contributed by atoms with Crippen LogP contribution in [0.2, 0.25) is 0 Å². The van der Waals surface area contributed by atoms with Crippen molar-refractivity contribution >= 4 is 11.7 Å². The van der Waals surface area contributed by atoms with Crippen LogP contribution in [0.4, 0.5) is 0 Å². The van der Waals surface area contributed by atoms with Gasteiger partial charge in [-0.1, -0.05) is 0 Å². The van der Waals surface area contributed by atoms with Gasteiger partial charge in [-0.15, -0.1) is 0 Å². The van der Waals surface area contributed by atoms with Crippen LogP contribution in [0.25, 0.3) is 0 Å². The molecule has 0 saturated carbocycles. The summed E-state index contributed by atoms with van der Waals surface area (Å²) in [5, 5.41) is 0. The molecule has 0 bridgehead atoms. The molecule has 0 spiro atoms. The number of hydrogen-bond acceptors (Lipinski definition) is 3. The second kappa shape index (κ2) is 6.56. The van der Waals surface area contributed by atoms with Crippen molar-refractivity contribution in [2.24, 2.45) is 0 Å². The summed E-state index contributed by atoms with van der Waals surface area (Å²) in [6, 6.07) is 0. The Hall–Kier alpha value is -0.900. The van der Waals surface area contributed by atoms with E-state index in [1.165, 1.54) is 0 Å². The molecule has 86 valence electrons. The highest BCUT2D eigenvalue weighted by molar-refractivity contribution is 6.00. The molecule has 1 aliphatic heterocycles. The molecule has 15 heavy (non-hydrogen) atoms. The number of ketones is 1. The van der Waals surface area contributed by atoms with Crippen molar-refractivity contribution in [3.63, 3.8) is 0 Å². The fourth-order valence-electron chi connectivity index (χ4n) is 1.72. The molecule has 1 rings (SSSR count). The Balaban J connectivity index is 2.10. The van der Waals surface area contributed by atoms with Crippen molar-refractivity contribution < 1.29 is 14.3 Å². The normalized spacial score (nSPS) is 17.3. The third-order valence-corrected chi connectivity index (χ3v) is 2.64. The van der Waals surface area contributed by atoms with Gasteiger partial charge in [0.25, 0.3) is 0 Å². The number of amides is 1. The lowest BCUT2D eigenvalue weighted by Gasteiger charge is -2.25. The number of piperidine rings is 1. The van der Waals surface area contributed by atoms with E-state index in [1.54, 1.807) is 12.0 Å². The van der Waals surface area contributed by atoms with Gasteiger partial charge in [0.2, 0.25) is 5.91 Å². The van der Waals surface area contributed by atoms with Crippen LogP contribution in [0.3, 0.4) is 0 Å². The number of ether oxygens (including phenoxy) is 1. The minimum absolute atomic E-state index is 0.00186. The summed E-state index contributed by atoms with van der Waals surface area (Å²) in [7, 11) is 1.69. The van der Waals surface area contributed by atoms with Crippen LogP contribution >= 0.6 is 0 Å². The summed E-state index contributed by atoms with van der Waals surface area (Å²) in [6.07, 6.45) is 3.76. The Morgan fingerprint density at radius 1 is 1.27 bits per heavy atom. The Morgan fingerprint density at radius 2 is 2.07 bits per heavy atom. The highest BCUT2D eigenvalue weighted by atomic mass is 16.5. The van der Waals surface area contributed by atoms with E-state index in [4.69, 9.17) is 4.74 Å². The standard InChI is InChI=1S/C11H19NO3/c1-15-8-4-2-3-6-12-7-5-10(13)9-11(12)14/h2-9H2,1H3. The zero-order valence-electron chi connectivity index (χ0n) is 9.33. The number of unbranched alkanes of at least 4 members (excludes halogenated alkanes) is 2. The van der Waals surface area contributed by atoms with Crippen molar-refractivity contribution in [2.75, 3.05) is 26.8 Å². The molecule has 0 N–H and O–H groups in total. The molecule has 1 amide bonds. The zero-order valence-corrected chi connectivity index (χ0v) is 9.33. The van der Waals surface area contributed by atoms with E-state index in [0.29, 0.717) is 13.0 Å². The fraction of sp³-hybridized carbons (Fsp3) is 0.818. The summed E-state index contributed by atoms with van der Waals surface area (Å²) in [5.41, 5.74) is 0. The maximum atomic E-state index is 11.4. The summed E-state index contributed by atoms with van der Waals surface area (Å²) in [6.45, 7) is 2.18. The predicted octanol–water partition coefficient (Wildman–Crippen LogP) is 0.995. The molecule has 1 saturated heterocycles. The first-order valence-corrected chi connectivity index (χ1v) is 5.52. The first-order chi connectivity index (χ1) is 7.24. The molecule has 0 aliphatic carbocycles. The van der Waals surface area contributed by atoms with Crippen LogP contribution in [0.5, 0.6) is 0 Å². The van der Waals surface area contributed by atoms with Gasteiger partial charge in [-0.05, 0) is 19.3 Å². The maximum Gasteiger partial charge on any atom is 0.230 e. The molecule has 1 fully saturated rings. The van der Waals surface area contributed by atoms with Crippen molar-refractivity contribution in [2.45, 2.75) is 32.1 Å². The average molecular weight is 213 g/mol. The van der Waals surface area contributed by atoms with Crippen LogP contribution in [0, 0.1) is 0 Å². The van der Waals surface area contributed by atoms with Crippen molar-refractivity contribution in [1.82, 2.24) is 4.90 Å². The molecular formula is C11H19NO3. The van der Waals surface area contributed by atoms with Crippen LogP contribution in [-0.4, -0.2) is 43.4 Å². The molecular weight excluding hydrogens is 194 g/mol. The maximum absolute atomic E-state index is 11.4. The zero-order chi connectivity index (χ0) is 11.1. The number of methoxy groups -OCH3 is 1. The highest BCUT2D eigenvalue weighted by Gasteiger charge is 2.22. The summed E-state index contributed by atoms with van der Waals surface area (Å²) in [4.78, 5) is 24.2. The van der Waals surface area contributed by atoms with Gasteiger partial charge in [-0.2, -0.15) is 0 Å². The summed E-state index contributed by atoms with van der Waals surface area (Å²) < 4.78 is 4.94. The van der Waals surface area contributed by atoms with Crippen molar-refractivity contribution in [1.29, 1.82) is 0 Å². The van der Waals surface area contributed by atoms with Gasteiger partial charge >= 0.3 is 0 Å². The molecule has 4 nitrogen and oxygen atoms in total. The lowest BCUT2D eigenvalue weighted by molar-refractivity contribution is -0.139. The van der Waals surface area contributed by atoms with E-state index >= 15 is 0 Å². The quantitative estimate of drug-likeness (QED) is 0.488. The Labute approximate surface area is 90.6 Å². The molecule has 0 aromatic rings. The molecule has 0 radical (unpaired) electrons. The van der Waals surface area contributed by atoms with Crippen LogP contribution in [0.15, 0.2) is 0 Å². The van der Waals surface area contributed by atoms with E-state index in [-0.39, 0.29) is 18.1 Å². The summed E-state index contributed by atoms with van der Waals surface area (Å²) in [5.74, 6) is 0.0774. The minimum atomic E-state index is -0.00186. The third-order valence-electron chi connectivity index (χ3n) is 2.64. The highest BCUT2D eigenvalue weighted by Crippen LogP contribution is 2.09. The lowest BCUT2D eigenvalue weighted by atomic mass is 10.1. The molecule has 0 unspecified atom stereocenters. The number of carbonyl (C=O) groups is 2. The minimum Gasteiger partial charge on any atom is -0.385 e. The van der Waals surface area contributed by atoms with Crippen molar-refractivity contribution in [3.8, 4) is 0 Å². The molecule has 0 aromatic carbocycles. The first-order valence-electron chi connectivity index (χ1n) is 5.52. The van der Waals surface area contributed by atoms with Gasteiger partial charge in [-0.25, -0.2) is 0 Å². The third kappa shape index (κ3) is 4.42. The smallest absolute Gasteiger partial charge is 0.230 e. The van der Waals surface area contributed by atoms with E-state index < -0.39 is 0 Å². The average Bonchev–Trinajstić information content (AvgIpc) is 2.20. The fourth-order valence-corrected chi connectivity index (χ4v) is 1.72. The van der Waals surface area contributed by atoms with Gasteiger partial charge in [0.1, 0.15) is 5.78 Å². The van der Waals surface area contributed by atoms with Gasteiger partial charge in [0.15, 0.2) is 0 Å². The number of Topliss-reactive ketones (excluding diaryl/α,β-unsaturated/α-hetero) is 1. The van der Waals surface area contributed by atoms with Gasteiger partial charge in [0.05, 0.1) is 6.42 Å². The first kappa shape index (κ1) is 12.2. The SMILES string of the molecule is COCCCCCN1CCC(=O)CC1=O. The number of likely N-dealkylation sites (tertiary alicyclic amines) is 1. The monoisotopic (exact) mass is 213 g/mol. The second-order valence-electron chi connectivity index (χ2n) is 3.90. The van der Waals surface area contributed by atoms with Crippen LogP contribution in [-0.2, 0) is 14.3 Å². The number of nitrogens with zero attached hydrogens (tertiary/aromatic N) is 1. The van der Waals surface area contributed by atoms with Gasteiger partial charge < -0.3 is 9.64 Å². The largest absolute Gasteiger partial charge is 0.385 e. The van der Waals surface area contributed by atoms with Gasteiger partial charge in [0, 0.05) is 33.2 Å². The second-order valence-corrected chi connectivity index (χ2v) is 3.90. The molecule has 0 atom stereocenters. The molecule has 4 heteroatoms. The number of hydrogen-bond donors (Lipinski definition) is 0. The topological polar surface area (TPSA) is 46.6 Å². The number of carbonyl (C=O) groups excluding carboxylic acids is 2. The molecule has 0 aromatic heterocycles. The molecule has 1 aliphatic rings. The lowest BCUT2D eigenvalue weighted by Crippen LogP contribution is -2.39. The Morgan fingerprint density at radius 3 is 2.73 bits per heavy atom. The van der Waals surface area contributed by atoms with E-state index in [2.05, 4.69) is 0 Å². The Bertz CT molecular complexity index is 228. The van der Waals surface area contributed by atoms with E-state index in [0.717, 1.165) is 32.4 Å². The van der Waals surface area contributed by atoms with Crippen LogP contribution < -0.4 is 0 Å². The van der Waals surface area contributed by atoms with E-state index in [1.807, 2.05) is 0 Å². The van der Waals surface area contributed by atoms with Crippen LogP contribution in [0.1, 0.15) is 32.1 Å². The summed E-state index contributed by atoms with van der Waals surface area (Å²) >= 11 is 0. The predicted molar refractivity (Wildman–Crippen MR) is 56.5 cm³/mol. The van der Waals surface area contributed by atoms with E-state index in [9.17, 15) is 9.59 Å². The van der Waals surface area contributed by atoms with Crippen molar-refractivity contribution in [3.05, 3.63) is 0 Å².